The molecular formula is C12H22N2O2S. The van der Waals surface area contributed by atoms with Crippen LogP contribution in [0.2, 0.25) is 0 Å². The minimum Gasteiger partial charge on any atom is -0.346 e. The fourth-order valence-electron chi connectivity index (χ4n) is 2.26. The Balaban J connectivity index is 2.77. The third kappa shape index (κ3) is 3.85. The summed E-state index contributed by atoms with van der Waals surface area (Å²) >= 11 is 0. The average molecular weight is 258 g/mol. The molecule has 0 radical (unpaired) electrons. The van der Waals surface area contributed by atoms with Crippen LogP contribution in [0.25, 0.3) is 0 Å². The van der Waals surface area contributed by atoms with Crippen molar-refractivity contribution >= 4 is 10.0 Å². The van der Waals surface area contributed by atoms with Crippen LogP contribution in [0.1, 0.15) is 36.8 Å². The van der Waals surface area contributed by atoms with Crippen LogP contribution in [0, 0.1) is 13.8 Å². The number of hydrogen-bond donors (Lipinski definition) is 1. The maximum atomic E-state index is 11.0. The minimum atomic E-state index is -3.08. The van der Waals surface area contributed by atoms with E-state index in [0.717, 1.165) is 6.42 Å². The number of nitrogens with one attached hydrogen (secondary N) is 1. The van der Waals surface area contributed by atoms with Crippen molar-refractivity contribution in [1.29, 1.82) is 0 Å². The molecule has 1 aromatic rings. The van der Waals surface area contributed by atoms with Crippen molar-refractivity contribution in [3.63, 3.8) is 0 Å². The van der Waals surface area contributed by atoms with Crippen molar-refractivity contribution in [3.05, 3.63) is 23.0 Å². The van der Waals surface area contributed by atoms with Gasteiger partial charge in [0, 0.05) is 24.0 Å². The van der Waals surface area contributed by atoms with Crippen molar-refractivity contribution in [2.24, 2.45) is 0 Å². The van der Waals surface area contributed by atoms with Crippen LogP contribution in [-0.2, 0) is 16.4 Å². The lowest BCUT2D eigenvalue weighted by atomic mass is 10.2. The van der Waals surface area contributed by atoms with E-state index in [1.807, 2.05) is 0 Å². The van der Waals surface area contributed by atoms with Gasteiger partial charge in [-0.1, -0.05) is 0 Å². The number of hydrogen-bond acceptors (Lipinski definition) is 2. The molecule has 0 atom stereocenters. The van der Waals surface area contributed by atoms with Crippen LogP contribution in [0.5, 0.6) is 0 Å². The molecule has 0 saturated heterocycles. The van der Waals surface area contributed by atoms with Crippen LogP contribution < -0.4 is 4.72 Å². The quantitative estimate of drug-likeness (QED) is 0.875. The summed E-state index contributed by atoms with van der Waals surface area (Å²) in [5.74, 6) is 0. The Morgan fingerprint density at radius 2 is 1.94 bits per heavy atom. The number of rotatable bonds is 5. The zero-order valence-electron chi connectivity index (χ0n) is 11.2. The van der Waals surface area contributed by atoms with Gasteiger partial charge in [0.1, 0.15) is 0 Å². The molecule has 0 aromatic carbocycles. The molecule has 1 heterocycles. The first kappa shape index (κ1) is 14.3. The van der Waals surface area contributed by atoms with Gasteiger partial charge in [0.2, 0.25) is 10.0 Å². The SMILES string of the molecule is Cc1cc(CCNS(C)(=O)=O)c(C)n1C(C)C. The van der Waals surface area contributed by atoms with E-state index >= 15 is 0 Å². The summed E-state index contributed by atoms with van der Waals surface area (Å²) in [6, 6.07) is 2.57. The van der Waals surface area contributed by atoms with Crippen LogP contribution in [0.4, 0.5) is 0 Å². The zero-order valence-corrected chi connectivity index (χ0v) is 12.1. The number of aryl methyl sites for hydroxylation is 1. The highest BCUT2D eigenvalue weighted by molar-refractivity contribution is 7.88. The topological polar surface area (TPSA) is 51.1 Å². The molecule has 1 N–H and O–H groups in total. The van der Waals surface area contributed by atoms with E-state index in [2.05, 4.69) is 43.1 Å². The van der Waals surface area contributed by atoms with Crippen molar-refractivity contribution in [3.8, 4) is 0 Å². The minimum absolute atomic E-state index is 0.437. The second-order valence-corrected chi connectivity index (χ2v) is 6.61. The largest absolute Gasteiger partial charge is 0.346 e. The van der Waals surface area contributed by atoms with Crippen LogP contribution in [-0.4, -0.2) is 25.8 Å². The maximum absolute atomic E-state index is 11.0. The van der Waals surface area contributed by atoms with E-state index in [1.54, 1.807) is 0 Å². The summed E-state index contributed by atoms with van der Waals surface area (Å²) < 4.78 is 26.7. The van der Waals surface area contributed by atoms with Gasteiger partial charge in [-0.2, -0.15) is 0 Å². The first-order valence-electron chi connectivity index (χ1n) is 5.84. The molecule has 1 aromatic heterocycles. The lowest BCUT2D eigenvalue weighted by molar-refractivity contribution is 0.571. The molecule has 0 aliphatic rings. The molecule has 0 amide bonds. The highest BCUT2D eigenvalue weighted by atomic mass is 32.2. The summed E-state index contributed by atoms with van der Waals surface area (Å²) in [7, 11) is -3.08. The molecule has 0 bridgehead atoms. The molecule has 1 rings (SSSR count). The average Bonchev–Trinajstić information content (AvgIpc) is 2.39. The maximum Gasteiger partial charge on any atom is 0.208 e. The van der Waals surface area contributed by atoms with Crippen LogP contribution >= 0.6 is 0 Å². The predicted molar refractivity (Wildman–Crippen MR) is 70.8 cm³/mol. The second kappa shape index (κ2) is 5.23. The lowest BCUT2D eigenvalue weighted by Gasteiger charge is -2.13. The fraction of sp³-hybridized carbons (Fsp3) is 0.667. The van der Waals surface area contributed by atoms with E-state index in [-0.39, 0.29) is 0 Å². The smallest absolute Gasteiger partial charge is 0.208 e. The lowest BCUT2D eigenvalue weighted by Crippen LogP contribution is -2.24. The Morgan fingerprint density at radius 1 is 1.35 bits per heavy atom. The third-order valence-electron chi connectivity index (χ3n) is 2.86. The Kier molecular flexibility index (Phi) is 4.38. The first-order valence-corrected chi connectivity index (χ1v) is 7.73. The molecule has 0 fully saturated rings. The second-order valence-electron chi connectivity index (χ2n) is 4.78. The Hall–Kier alpha value is -0.810. The van der Waals surface area contributed by atoms with Crippen LogP contribution in [0.15, 0.2) is 6.07 Å². The summed E-state index contributed by atoms with van der Waals surface area (Å²) in [6.45, 7) is 8.93. The molecule has 0 unspecified atom stereocenters. The van der Waals surface area contributed by atoms with Gasteiger partial charge in [0.05, 0.1) is 6.26 Å². The van der Waals surface area contributed by atoms with E-state index < -0.39 is 10.0 Å². The molecule has 0 spiro atoms. The van der Waals surface area contributed by atoms with Gasteiger partial charge in [-0.15, -0.1) is 0 Å². The summed E-state index contributed by atoms with van der Waals surface area (Å²) in [5, 5.41) is 0. The third-order valence-corrected chi connectivity index (χ3v) is 3.59. The summed E-state index contributed by atoms with van der Waals surface area (Å²) in [4.78, 5) is 0. The van der Waals surface area contributed by atoms with Gasteiger partial charge < -0.3 is 4.57 Å². The van der Waals surface area contributed by atoms with Crippen molar-refractivity contribution < 1.29 is 8.42 Å². The monoisotopic (exact) mass is 258 g/mol. The molecule has 98 valence electrons. The van der Waals surface area contributed by atoms with Gasteiger partial charge in [0.15, 0.2) is 0 Å². The van der Waals surface area contributed by atoms with Crippen molar-refractivity contribution in [2.75, 3.05) is 12.8 Å². The van der Waals surface area contributed by atoms with Crippen LogP contribution in [0.3, 0.4) is 0 Å². The molecule has 17 heavy (non-hydrogen) atoms. The molecule has 5 heteroatoms. The highest BCUT2D eigenvalue weighted by Gasteiger charge is 2.11. The number of aromatic nitrogens is 1. The molecule has 0 saturated carbocycles. The Morgan fingerprint density at radius 3 is 2.35 bits per heavy atom. The van der Waals surface area contributed by atoms with Crippen molar-refractivity contribution in [1.82, 2.24) is 9.29 Å². The Labute approximate surface area is 104 Å². The van der Waals surface area contributed by atoms with Crippen molar-refractivity contribution in [2.45, 2.75) is 40.2 Å². The van der Waals surface area contributed by atoms with Gasteiger partial charge in [0.25, 0.3) is 0 Å². The van der Waals surface area contributed by atoms with Gasteiger partial charge in [-0.25, -0.2) is 13.1 Å². The molecular weight excluding hydrogens is 236 g/mol. The summed E-state index contributed by atoms with van der Waals surface area (Å²) in [6.07, 6.45) is 1.92. The standard InChI is InChI=1S/C12H22N2O2S/c1-9(2)14-10(3)8-12(11(14)4)6-7-13-17(5,15)16/h8-9,13H,6-7H2,1-5H3. The first-order chi connectivity index (χ1) is 7.72. The normalized spacial score (nSPS) is 12.4. The molecule has 0 aliphatic carbocycles. The number of nitrogens with zero attached hydrogens (tertiary/aromatic N) is 1. The number of sulfonamides is 1. The van der Waals surface area contributed by atoms with E-state index in [9.17, 15) is 8.42 Å². The molecule has 4 nitrogen and oxygen atoms in total. The Bertz CT molecular complexity index is 487. The predicted octanol–water partition coefficient (Wildman–Crippen LogP) is 1.78. The highest BCUT2D eigenvalue weighted by Crippen LogP contribution is 2.20. The summed E-state index contributed by atoms with van der Waals surface area (Å²) in [5.41, 5.74) is 3.67. The fourth-order valence-corrected chi connectivity index (χ4v) is 2.74. The van der Waals surface area contributed by atoms with Gasteiger partial charge >= 0.3 is 0 Å². The van der Waals surface area contributed by atoms with Gasteiger partial charge in [-0.3, -0.25) is 0 Å². The molecule has 0 aliphatic heterocycles. The zero-order chi connectivity index (χ0) is 13.2. The van der Waals surface area contributed by atoms with E-state index in [4.69, 9.17) is 0 Å². The van der Waals surface area contributed by atoms with Gasteiger partial charge in [-0.05, 0) is 45.7 Å². The van der Waals surface area contributed by atoms with E-state index in [0.29, 0.717) is 12.6 Å². The van der Waals surface area contributed by atoms with E-state index in [1.165, 1.54) is 23.2 Å².